The maximum atomic E-state index is 13.2. The van der Waals surface area contributed by atoms with Crippen molar-refractivity contribution in [3.63, 3.8) is 0 Å². The number of hydrogen-bond donors (Lipinski definition) is 0. The first-order valence-corrected chi connectivity index (χ1v) is 10.2. The summed E-state index contributed by atoms with van der Waals surface area (Å²) in [5.74, 6) is 0. The van der Waals surface area contributed by atoms with Gasteiger partial charge >= 0.3 is 0 Å². The van der Waals surface area contributed by atoms with Gasteiger partial charge in [-0.1, -0.05) is 13.3 Å². The summed E-state index contributed by atoms with van der Waals surface area (Å²) in [7, 11) is 0. The van der Waals surface area contributed by atoms with Gasteiger partial charge in [0.25, 0.3) is 5.56 Å². The topological polar surface area (TPSA) is 73.3 Å². The zero-order valence-corrected chi connectivity index (χ0v) is 16.4. The first-order valence-electron chi connectivity index (χ1n) is 10.2. The Bertz CT molecular complexity index is 1230. The van der Waals surface area contributed by atoms with Crippen molar-refractivity contribution in [3.05, 3.63) is 34.5 Å². The molecule has 0 saturated carbocycles. The smallest absolute Gasteiger partial charge is 0.283 e. The molecule has 5 rings (SSSR count). The Balaban J connectivity index is 1.89. The molecule has 0 aromatic carbocycles. The summed E-state index contributed by atoms with van der Waals surface area (Å²) in [6.07, 6.45) is 9.92. The van der Waals surface area contributed by atoms with Gasteiger partial charge in [-0.3, -0.25) is 9.69 Å². The summed E-state index contributed by atoms with van der Waals surface area (Å²) in [5.41, 5.74) is 3.61. The van der Waals surface area contributed by atoms with E-state index in [0.717, 1.165) is 60.5 Å². The molecule has 0 spiro atoms. The first kappa shape index (κ1) is 17.4. The molecule has 1 aliphatic rings. The van der Waals surface area contributed by atoms with E-state index in [-0.39, 0.29) is 5.56 Å². The molecule has 0 radical (unpaired) electrons. The lowest BCUT2D eigenvalue weighted by atomic mass is 10.1. The Labute approximate surface area is 162 Å². The molecular weight excluding hydrogens is 354 g/mol. The van der Waals surface area contributed by atoms with Gasteiger partial charge in [-0.25, -0.2) is 9.67 Å². The molecule has 0 N–H and O–H groups in total. The summed E-state index contributed by atoms with van der Waals surface area (Å²) in [6, 6.07) is 0. The van der Waals surface area contributed by atoms with Crippen LogP contribution >= 0.6 is 0 Å². The predicted molar refractivity (Wildman–Crippen MR) is 109 cm³/mol. The van der Waals surface area contributed by atoms with E-state index in [1.54, 1.807) is 10.7 Å². The lowest BCUT2D eigenvalue weighted by molar-refractivity contribution is 0.186. The van der Waals surface area contributed by atoms with Crippen molar-refractivity contribution in [1.82, 2.24) is 33.8 Å². The van der Waals surface area contributed by atoms with Crippen LogP contribution in [0.1, 0.15) is 38.7 Å². The van der Waals surface area contributed by atoms with Crippen LogP contribution in [-0.2, 0) is 19.6 Å². The molecule has 0 bridgehead atoms. The fraction of sp³-hybridized carbons (Fsp3) is 0.500. The number of likely N-dealkylation sites (tertiary alicyclic amines) is 1. The molecule has 0 amide bonds. The molecule has 28 heavy (non-hydrogen) atoms. The summed E-state index contributed by atoms with van der Waals surface area (Å²) in [4.78, 5) is 20.2. The summed E-state index contributed by atoms with van der Waals surface area (Å²) in [5, 5.41) is 10.4. The summed E-state index contributed by atoms with van der Waals surface area (Å²) < 4.78 is 5.69. The minimum atomic E-state index is -0.113. The molecule has 0 unspecified atom stereocenters. The Kier molecular flexibility index (Phi) is 4.16. The average molecular weight is 379 g/mol. The Morgan fingerprint density at radius 1 is 1.00 bits per heavy atom. The van der Waals surface area contributed by atoms with Gasteiger partial charge < -0.3 is 4.57 Å². The van der Waals surface area contributed by atoms with Crippen LogP contribution in [0.3, 0.4) is 0 Å². The van der Waals surface area contributed by atoms with Crippen molar-refractivity contribution >= 4 is 27.6 Å². The third-order valence-electron chi connectivity index (χ3n) is 5.87. The van der Waals surface area contributed by atoms with Crippen LogP contribution in [0.15, 0.2) is 23.4 Å². The normalized spacial score (nSPS) is 15.9. The van der Waals surface area contributed by atoms with Crippen molar-refractivity contribution in [2.45, 2.75) is 52.7 Å². The zero-order valence-electron chi connectivity index (χ0n) is 16.4. The number of rotatable bonds is 4. The van der Waals surface area contributed by atoms with E-state index in [1.807, 2.05) is 17.1 Å². The van der Waals surface area contributed by atoms with E-state index in [1.165, 1.54) is 19.3 Å². The van der Waals surface area contributed by atoms with Crippen molar-refractivity contribution in [2.75, 3.05) is 13.1 Å². The largest absolute Gasteiger partial charge is 0.311 e. The molecule has 1 fully saturated rings. The van der Waals surface area contributed by atoms with E-state index in [9.17, 15) is 4.79 Å². The standard InChI is InChI=1S/C20H25N7O/c1-3-14-10-23-27-19(14)25(13-24-8-6-5-7-9-24)17-15-12-22-26(4-2)18(15)21-11-16(17)20(27)28/h10-12H,3-9,13H2,1-2H3. The maximum absolute atomic E-state index is 13.2. The van der Waals surface area contributed by atoms with E-state index in [4.69, 9.17) is 0 Å². The fourth-order valence-corrected chi connectivity index (χ4v) is 4.41. The predicted octanol–water partition coefficient (Wildman–Crippen LogP) is 2.42. The highest BCUT2D eigenvalue weighted by Gasteiger charge is 2.21. The number of aryl methyl sites for hydroxylation is 2. The van der Waals surface area contributed by atoms with E-state index >= 15 is 0 Å². The lowest BCUT2D eigenvalue weighted by Gasteiger charge is -2.28. The van der Waals surface area contributed by atoms with Crippen LogP contribution in [-0.4, -0.2) is 46.9 Å². The van der Waals surface area contributed by atoms with Gasteiger partial charge in [-0.05, 0) is 39.3 Å². The first-order chi connectivity index (χ1) is 13.7. The van der Waals surface area contributed by atoms with Crippen molar-refractivity contribution in [2.24, 2.45) is 0 Å². The van der Waals surface area contributed by atoms with Gasteiger partial charge in [0.1, 0.15) is 5.65 Å². The second kappa shape index (κ2) is 6.70. The molecule has 5 heterocycles. The highest BCUT2D eigenvalue weighted by Crippen LogP contribution is 2.25. The monoisotopic (exact) mass is 379 g/mol. The van der Waals surface area contributed by atoms with E-state index in [0.29, 0.717) is 5.39 Å². The Morgan fingerprint density at radius 2 is 1.82 bits per heavy atom. The lowest BCUT2D eigenvalue weighted by Crippen LogP contribution is -2.33. The third-order valence-corrected chi connectivity index (χ3v) is 5.87. The number of fused-ring (bicyclic) bond motifs is 4. The molecule has 0 aliphatic carbocycles. The highest BCUT2D eigenvalue weighted by molar-refractivity contribution is 6.02. The third kappa shape index (κ3) is 2.47. The maximum Gasteiger partial charge on any atom is 0.283 e. The molecule has 1 saturated heterocycles. The van der Waals surface area contributed by atoms with Gasteiger partial charge in [-0.2, -0.15) is 14.7 Å². The minimum Gasteiger partial charge on any atom is -0.311 e. The number of hydrogen-bond acceptors (Lipinski definition) is 5. The number of nitrogens with zero attached hydrogens (tertiary/aromatic N) is 7. The molecule has 8 heteroatoms. The molecular formula is C20H25N7O. The molecule has 4 aromatic rings. The molecule has 8 nitrogen and oxygen atoms in total. The quantitative estimate of drug-likeness (QED) is 0.544. The van der Waals surface area contributed by atoms with Gasteiger partial charge in [0.15, 0.2) is 5.65 Å². The van der Waals surface area contributed by atoms with Gasteiger partial charge in [-0.15, -0.1) is 0 Å². The molecule has 0 atom stereocenters. The van der Waals surface area contributed by atoms with Gasteiger partial charge in [0, 0.05) is 18.3 Å². The fourth-order valence-electron chi connectivity index (χ4n) is 4.41. The zero-order chi connectivity index (χ0) is 19.3. The second-order valence-electron chi connectivity index (χ2n) is 7.53. The van der Waals surface area contributed by atoms with Crippen molar-refractivity contribution in [3.8, 4) is 0 Å². The summed E-state index contributed by atoms with van der Waals surface area (Å²) >= 11 is 0. The van der Waals surface area contributed by atoms with Crippen LogP contribution in [0.25, 0.3) is 27.6 Å². The van der Waals surface area contributed by atoms with Crippen molar-refractivity contribution < 1.29 is 0 Å². The minimum absolute atomic E-state index is 0.113. The van der Waals surface area contributed by atoms with E-state index < -0.39 is 0 Å². The van der Waals surface area contributed by atoms with Crippen LogP contribution in [0.4, 0.5) is 0 Å². The Hall–Kier alpha value is -2.74. The molecule has 4 aromatic heterocycles. The average Bonchev–Trinajstić information content (AvgIpc) is 3.35. The second-order valence-corrected chi connectivity index (χ2v) is 7.53. The van der Waals surface area contributed by atoms with Crippen LogP contribution in [0.5, 0.6) is 0 Å². The van der Waals surface area contributed by atoms with E-state index in [2.05, 4.69) is 38.5 Å². The highest BCUT2D eigenvalue weighted by atomic mass is 16.1. The number of aromatic nitrogens is 6. The number of pyridine rings is 1. The van der Waals surface area contributed by atoms with Gasteiger partial charge in [0.2, 0.25) is 0 Å². The number of piperidine rings is 1. The Morgan fingerprint density at radius 3 is 2.57 bits per heavy atom. The van der Waals surface area contributed by atoms with Crippen LogP contribution in [0, 0.1) is 0 Å². The van der Waals surface area contributed by atoms with Gasteiger partial charge in [0.05, 0.1) is 35.4 Å². The van der Waals surface area contributed by atoms with Crippen molar-refractivity contribution in [1.29, 1.82) is 0 Å². The SMILES string of the molecule is CCc1cnn2c(=O)c3cnc4c(cnn4CC)c3n(CN3CCCCC3)c12. The molecule has 1 aliphatic heterocycles. The van der Waals surface area contributed by atoms with Crippen LogP contribution < -0.4 is 5.56 Å². The summed E-state index contributed by atoms with van der Waals surface area (Å²) in [6.45, 7) is 7.81. The van der Waals surface area contributed by atoms with Crippen LogP contribution in [0.2, 0.25) is 0 Å². The molecule has 146 valence electrons.